The predicted octanol–water partition coefficient (Wildman–Crippen LogP) is 3.84. The average molecular weight is 290 g/mol. The Hall–Kier alpha value is -1.39. The number of rotatable bonds is 6. The summed E-state index contributed by atoms with van der Waals surface area (Å²) < 4.78 is 5.79. The molecule has 108 valence electrons. The summed E-state index contributed by atoms with van der Waals surface area (Å²) in [5, 5.41) is 4.41. The Morgan fingerprint density at radius 1 is 1.25 bits per heavy atom. The van der Waals surface area contributed by atoms with Crippen molar-refractivity contribution in [1.29, 1.82) is 0 Å². The smallest absolute Gasteiger partial charge is 0.140 e. The Bertz CT molecular complexity index is 563. The lowest BCUT2D eigenvalue weighted by molar-refractivity contribution is 0.305. The number of hydrogen-bond acceptors (Lipinski definition) is 4. The van der Waals surface area contributed by atoms with Crippen LogP contribution in [0.2, 0.25) is 0 Å². The number of nitrogens with zero attached hydrogens (tertiary/aromatic N) is 1. The number of ether oxygens (including phenoxy) is 1. The van der Waals surface area contributed by atoms with E-state index in [-0.39, 0.29) is 0 Å². The molecule has 0 fully saturated rings. The molecule has 0 saturated carbocycles. The molecule has 0 radical (unpaired) electrons. The fourth-order valence-corrected chi connectivity index (χ4v) is 2.54. The number of hydrogen-bond donors (Lipinski definition) is 1. The normalized spacial score (nSPS) is 11.1. The molecule has 0 aliphatic rings. The molecule has 2 aromatic rings. The lowest BCUT2D eigenvalue weighted by atomic mass is 10.1. The maximum Gasteiger partial charge on any atom is 0.140 e. The van der Waals surface area contributed by atoms with Crippen LogP contribution >= 0.6 is 11.3 Å². The van der Waals surface area contributed by atoms with Gasteiger partial charge in [0.1, 0.15) is 17.4 Å². The van der Waals surface area contributed by atoms with E-state index < -0.39 is 0 Å². The van der Waals surface area contributed by atoms with Crippen LogP contribution in [-0.2, 0) is 13.2 Å². The van der Waals surface area contributed by atoms with Gasteiger partial charge in [0.15, 0.2) is 0 Å². The standard InChI is InChI=1S/C16H22N2OS/c1-11(2)17-8-15-9-18-16(20-15)10-19-14-6-5-12(3)13(4)7-14/h5-7,9,11,17H,8,10H2,1-4H3. The van der Waals surface area contributed by atoms with Gasteiger partial charge >= 0.3 is 0 Å². The van der Waals surface area contributed by atoms with E-state index >= 15 is 0 Å². The van der Waals surface area contributed by atoms with E-state index in [2.05, 4.69) is 50.1 Å². The Morgan fingerprint density at radius 2 is 2.05 bits per heavy atom. The Balaban J connectivity index is 1.89. The van der Waals surface area contributed by atoms with Gasteiger partial charge in [-0.1, -0.05) is 19.9 Å². The monoisotopic (exact) mass is 290 g/mol. The van der Waals surface area contributed by atoms with Crippen molar-refractivity contribution in [3.63, 3.8) is 0 Å². The molecule has 0 aliphatic heterocycles. The molecule has 1 N–H and O–H groups in total. The van der Waals surface area contributed by atoms with Crippen molar-refractivity contribution < 1.29 is 4.74 Å². The topological polar surface area (TPSA) is 34.1 Å². The lowest BCUT2D eigenvalue weighted by Crippen LogP contribution is -2.21. The third kappa shape index (κ3) is 4.32. The molecule has 0 spiro atoms. The fraction of sp³-hybridized carbons (Fsp3) is 0.438. The first-order valence-corrected chi connectivity index (χ1v) is 7.73. The van der Waals surface area contributed by atoms with Gasteiger partial charge in [-0.15, -0.1) is 11.3 Å². The Morgan fingerprint density at radius 3 is 2.75 bits per heavy atom. The van der Waals surface area contributed by atoms with Crippen LogP contribution in [0.25, 0.3) is 0 Å². The molecule has 20 heavy (non-hydrogen) atoms. The van der Waals surface area contributed by atoms with Crippen LogP contribution in [0.15, 0.2) is 24.4 Å². The quantitative estimate of drug-likeness (QED) is 0.877. The first-order chi connectivity index (χ1) is 9.54. The van der Waals surface area contributed by atoms with Gasteiger partial charge < -0.3 is 10.1 Å². The highest BCUT2D eigenvalue weighted by atomic mass is 32.1. The molecule has 3 nitrogen and oxygen atoms in total. The molecule has 0 unspecified atom stereocenters. The van der Waals surface area contributed by atoms with E-state index in [1.54, 1.807) is 11.3 Å². The van der Waals surface area contributed by atoms with Crippen molar-refractivity contribution >= 4 is 11.3 Å². The largest absolute Gasteiger partial charge is 0.486 e. The molecule has 0 aliphatic carbocycles. The van der Waals surface area contributed by atoms with Crippen LogP contribution in [0.3, 0.4) is 0 Å². The number of aryl methyl sites for hydroxylation is 2. The van der Waals surface area contributed by atoms with Crippen LogP contribution < -0.4 is 10.1 Å². The van der Waals surface area contributed by atoms with Gasteiger partial charge in [-0.25, -0.2) is 4.98 Å². The van der Waals surface area contributed by atoms with E-state index in [4.69, 9.17) is 4.74 Å². The maximum atomic E-state index is 5.79. The summed E-state index contributed by atoms with van der Waals surface area (Å²) in [5.41, 5.74) is 2.54. The minimum atomic E-state index is 0.493. The van der Waals surface area contributed by atoms with Crippen molar-refractivity contribution in [2.24, 2.45) is 0 Å². The summed E-state index contributed by atoms with van der Waals surface area (Å²) in [5.74, 6) is 0.908. The summed E-state index contributed by atoms with van der Waals surface area (Å²) in [7, 11) is 0. The zero-order valence-corrected chi connectivity index (χ0v) is 13.4. The van der Waals surface area contributed by atoms with Crippen LogP contribution in [-0.4, -0.2) is 11.0 Å². The average Bonchev–Trinajstić information content (AvgIpc) is 2.86. The molecule has 1 aromatic carbocycles. The van der Waals surface area contributed by atoms with Crippen molar-refractivity contribution in [2.45, 2.75) is 46.9 Å². The summed E-state index contributed by atoms with van der Waals surface area (Å²) in [4.78, 5) is 5.65. The summed E-state index contributed by atoms with van der Waals surface area (Å²) in [6, 6.07) is 6.67. The minimum Gasteiger partial charge on any atom is -0.486 e. The number of aromatic nitrogens is 1. The Labute approximate surface area is 125 Å². The molecular formula is C16H22N2OS. The maximum absolute atomic E-state index is 5.79. The molecule has 2 rings (SSSR count). The van der Waals surface area contributed by atoms with Crippen LogP contribution in [0.5, 0.6) is 5.75 Å². The first-order valence-electron chi connectivity index (χ1n) is 6.91. The third-order valence-electron chi connectivity index (χ3n) is 3.13. The second-order valence-corrected chi connectivity index (χ2v) is 6.49. The third-order valence-corrected chi connectivity index (χ3v) is 4.10. The SMILES string of the molecule is Cc1ccc(OCc2ncc(CNC(C)C)s2)cc1C. The van der Waals surface area contributed by atoms with Gasteiger partial charge in [-0.05, 0) is 37.1 Å². The number of thiazole rings is 1. The highest BCUT2D eigenvalue weighted by Crippen LogP contribution is 2.19. The zero-order chi connectivity index (χ0) is 14.5. The fourth-order valence-electron chi connectivity index (χ4n) is 1.75. The highest BCUT2D eigenvalue weighted by Gasteiger charge is 2.04. The summed E-state index contributed by atoms with van der Waals surface area (Å²) >= 11 is 1.70. The van der Waals surface area contributed by atoms with Gasteiger partial charge in [-0.3, -0.25) is 0 Å². The summed E-state index contributed by atoms with van der Waals surface area (Å²) in [6.45, 7) is 9.90. The van der Waals surface area contributed by atoms with E-state index in [9.17, 15) is 0 Å². The Kier molecular flexibility index (Phi) is 5.15. The highest BCUT2D eigenvalue weighted by molar-refractivity contribution is 7.11. The lowest BCUT2D eigenvalue weighted by Gasteiger charge is -2.06. The minimum absolute atomic E-state index is 0.493. The molecule has 0 saturated heterocycles. The van der Waals surface area contributed by atoms with Crippen LogP contribution in [0.1, 0.15) is 34.9 Å². The van der Waals surface area contributed by atoms with E-state index in [1.807, 2.05) is 12.3 Å². The van der Waals surface area contributed by atoms with Crippen molar-refractivity contribution in [3.8, 4) is 5.75 Å². The molecule has 0 bridgehead atoms. The molecule has 0 atom stereocenters. The van der Waals surface area contributed by atoms with Crippen molar-refractivity contribution in [2.75, 3.05) is 0 Å². The van der Waals surface area contributed by atoms with Gasteiger partial charge in [0.2, 0.25) is 0 Å². The number of nitrogens with one attached hydrogen (secondary N) is 1. The second-order valence-electron chi connectivity index (χ2n) is 5.29. The van der Waals surface area contributed by atoms with E-state index in [0.717, 1.165) is 17.3 Å². The molecule has 1 heterocycles. The predicted molar refractivity (Wildman–Crippen MR) is 84.3 cm³/mol. The van der Waals surface area contributed by atoms with Crippen LogP contribution in [0, 0.1) is 13.8 Å². The van der Waals surface area contributed by atoms with Gasteiger partial charge in [0, 0.05) is 23.7 Å². The van der Waals surface area contributed by atoms with Crippen molar-refractivity contribution in [1.82, 2.24) is 10.3 Å². The summed E-state index contributed by atoms with van der Waals surface area (Å²) in [6.07, 6.45) is 1.93. The zero-order valence-electron chi connectivity index (χ0n) is 12.6. The molecular weight excluding hydrogens is 268 g/mol. The molecule has 1 aromatic heterocycles. The molecule has 4 heteroatoms. The van der Waals surface area contributed by atoms with E-state index in [0.29, 0.717) is 12.6 Å². The number of benzene rings is 1. The van der Waals surface area contributed by atoms with E-state index in [1.165, 1.54) is 16.0 Å². The van der Waals surface area contributed by atoms with Crippen molar-refractivity contribution in [3.05, 3.63) is 45.4 Å². The first kappa shape index (κ1) is 15.0. The van der Waals surface area contributed by atoms with Crippen LogP contribution in [0.4, 0.5) is 0 Å². The molecule has 0 amide bonds. The second kappa shape index (κ2) is 6.86. The van der Waals surface area contributed by atoms with Gasteiger partial charge in [0.25, 0.3) is 0 Å². The van der Waals surface area contributed by atoms with Gasteiger partial charge in [0.05, 0.1) is 0 Å². The van der Waals surface area contributed by atoms with Gasteiger partial charge in [-0.2, -0.15) is 0 Å².